The number of urea groups is 1. The third kappa shape index (κ3) is 3.55. The fraction of sp³-hybridized carbons (Fsp3) is 0.643. The molecule has 1 aromatic rings. The maximum Gasteiger partial charge on any atom is 0.315 e. The molecule has 0 spiro atoms. The third-order valence-corrected chi connectivity index (χ3v) is 5.56. The Hall–Kier alpha value is -1.70. The normalized spacial score (nSPS) is 26.4. The molecule has 22 heavy (non-hydrogen) atoms. The molecular weight excluding hydrogens is 302 g/mol. The van der Waals surface area contributed by atoms with Gasteiger partial charge >= 0.3 is 6.03 Å². The van der Waals surface area contributed by atoms with Crippen molar-refractivity contribution in [2.24, 2.45) is 0 Å². The zero-order valence-corrected chi connectivity index (χ0v) is 13.3. The summed E-state index contributed by atoms with van der Waals surface area (Å²) in [5.74, 6) is 1.56. The van der Waals surface area contributed by atoms with Crippen molar-refractivity contribution < 1.29 is 9.59 Å². The zero-order valence-electron chi connectivity index (χ0n) is 12.5. The molecule has 0 bridgehead atoms. The largest absolute Gasteiger partial charge is 0.332 e. The van der Waals surface area contributed by atoms with Crippen LogP contribution in [0.4, 0.5) is 10.6 Å². The number of aromatic amines is 1. The molecule has 3 amide bonds. The van der Waals surface area contributed by atoms with Gasteiger partial charge in [-0.05, 0) is 19.8 Å². The van der Waals surface area contributed by atoms with E-state index in [2.05, 4.69) is 26.1 Å². The fourth-order valence-corrected chi connectivity index (χ4v) is 4.51. The van der Waals surface area contributed by atoms with E-state index in [0.717, 1.165) is 30.7 Å². The van der Waals surface area contributed by atoms with Crippen molar-refractivity contribution in [3.63, 3.8) is 0 Å². The summed E-state index contributed by atoms with van der Waals surface area (Å²) in [4.78, 5) is 23.1. The Kier molecular flexibility index (Phi) is 4.56. The van der Waals surface area contributed by atoms with Crippen LogP contribution in [0.25, 0.3) is 0 Å². The number of carbonyl (C=O) groups is 2. The molecule has 3 heterocycles. The number of anilines is 1. The summed E-state index contributed by atoms with van der Waals surface area (Å²) in [6.07, 6.45) is 3.37. The van der Waals surface area contributed by atoms with E-state index in [1.165, 1.54) is 0 Å². The number of thioether (sulfide) groups is 1. The standard InChI is InChI=1S/C14H21N5O2S/c1-8-6-11(19-18-8)16-12(20)5-3-2-4-10-13-9(7-22-10)15-14(21)17-13/h6,9-10,13H,2-5,7H2,1H3,(H2,15,17,21)(H2,16,18,19,20)/t9-,10-,13-/m0/s1. The van der Waals surface area contributed by atoms with Crippen LogP contribution in [0.2, 0.25) is 0 Å². The van der Waals surface area contributed by atoms with Crippen molar-refractivity contribution in [1.82, 2.24) is 20.8 Å². The molecule has 7 nitrogen and oxygen atoms in total. The fourth-order valence-electron chi connectivity index (χ4n) is 2.96. The van der Waals surface area contributed by atoms with E-state index < -0.39 is 0 Å². The van der Waals surface area contributed by atoms with Crippen LogP contribution in [0.1, 0.15) is 31.4 Å². The average molecular weight is 323 g/mol. The SMILES string of the molecule is Cc1cc(NC(=O)CCCC[C@@H]2SC[C@@H]3NC(=O)N[C@@H]32)n[nH]1. The van der Waals surface area contributed by atoms with E-state index in [1.807, 2.05) is 24.8 Å². The average Bonchev–Trinajstić information content (AvgIpc) is 3.12. The Morgan fingerprint density at radius 2 is 2.32 bits per heavy atom. The molecule has 2 saturated heterocycles. The van der Waals surface area contributed by atoms with E-state index in [1.54, 1.807) is 0 Å². The number of aryl methyl sites for hydroxylation is 1. The molecule has 0 aromatic carbocycles. The van der Waals surface area contributed by atoms with E-state index in [-0.39, 0.29) is 24.0 Å². The van der Waals surface area contributed by atoms with Gasteiger partial charge in [-0.25, -0.2) is 4.79 Å². The molecule has 120 valence electrons. The Morgan fingerprint density at radius 1 is 1.45 bits per heavy atom. The van der Waals surface area contributed by atoms with Gasteiger partial charge in [-0.15, -0.1) is 0 Å². The Labute approximate surface area is 133 Å². The lowest BCUT2D eigenvalue weighted by molar-refractivity contribution is -0.116. The van der Waals surface area contributed by atoms with Gasteiger partial charge in [0.1, 0.15) is 0 Å². The highest BCUT2D eigenvalue weighted by Gasteiger charge is 2.42. The first-order chi connectivity index (χ1) is 10.6. The van der Waals surface area contributed by atoms with Crippen LogP contribution in [0, 0.1) is 6.92 Å². The molecule has 3 rings (SSSR count). The first kappa shape index (κ1) is 15.2. The molecule has 2 aliphatic rings. The van der Waals surface area contributed by atoms with Crippen LogP contribution in [0.15, 0.2) is 6.07 Å². The van der Waals surface area contributed by atoms with E-state index >= 15 is 0 Å². The lowest BCUT2D eigenvalue weighted by atomic mass is 10.0. The van der Waals surface area contributed by atoms with Gasteiger partial charge in [-0.1, -0.05) is 6.42 Å². The molecule has 0 radical (unpaired) electrons. The highest BCUT2D eigenvalue weighted by molar-refractivity contribution is 8.00. The number of H-pyrrole nitrogens is 1. The van der Waals surface area contributed by atoms with Crippen LogP contribution < -0.4 is 16.0 Å². The maximum atomic E-state index is 11.8. The van der Waals surface area contributed by atoms with Gasteiger partial charge in [0.05, 0.1) is 12.1 Å². The Bertz CT molecular complexity index is 561. The molecule has 1 aromatic heterocycles. The van der Waals surface area contributed by atoms with Crippen molar-refractivity contribution in [1.29, 1.82) is 0 Å². The molecule has 0 aliphatic carbocycles. The number of carbonyl (C=O) groups excluding carboxylic acids is 2. The molecule has 2 fully saturated rings. The summed E-state index contributed by atoms with van der Waals surface area (Å²) in [7, 11) is 0. The zero-order chi connectivity index (χ0) is 15.5. The second-order valence-electron chi connectivity index (χ2n) is 5.85. The van der Waals surface area contributed by atoms with Gasteiger partial charge in [-0.3, -0.25) is 9.89 Å². The Morgan fingerprint density at radius 3 is 3.09 bits per heavy atom. The van der Waals surface area contributed by atoms with Crippen LogP contribution in [-0.2, 0) is 4.79 Å². The number of fused-ring (bicyclic) bond motifs is 1. The smallest absolute Gasteiger partial charge is 0.315 e. The number of nitrogens with zero attached hydrogens (tertiary/aromatic N) is 1. The number of hydrogen-bond acceptors (Lipinski definition) is 4. The number of aromatic nitrogens is 2. The van der Waals surface area contributed by atoms with Gasteiger partial charge < -0.3 is 16.0 Å². The molecule has 4 N–H and O–H groups in total. The topological polar surface area (TPSA) is 98.9 Å². The van der Waals surface area contributed by atoms with Gasteiger partial charge in [0, 0.05) is 29.2 Å². The maximum absolute atomic E-state index is 11.8. The number of rotatable bonds is 6. The molecule has 8 heteroatoms. The number of nitrogens with one attached hydrogen (secondary N) is 4. The van der Waals surface area contributed by atoms with E-state index in [4.69, 9.17) is 0 Å². The second-order valence-corrected chi connectivity index (χ2v) is 7.12. The summed E-state index contributed by atoms with van der Waals surface area (Å²) >= 11 is 1.91. The van der Waals surface area contributed by atoms with Crippen molar-refractivity contribution in [2.45, 2.75) is 49.9 Å². The summed E-state index contributed by atoms with van der Waals surface area (Å²) in [5.41, 5.74) is 0.926. The predicted octanol–water partition coefficient (Wildman–Crippen LogP) is 1.38. The van der Waals surface area contributed by atoms with E-state index in [0.29, 0.717) is 17.5 Å². The number of amides is 3. The van der Waals surface area contributed by atoms with Crippen molar-refractivity contribution in [3.05, 3.63) is 11.8 Å². The minimum Gasteiger partial charge on any atom is -0.332 e. The van der Waals surface area contributed by atoms with Crippen LogP contribution in [0.5, 0.6) is 0 Å². The first-order valence-electron chi connectivity index (χ1n) is 7.62. The van der Waals surface area contributed by atoms with Crippen LogP contribution >= 0.6 is 11.8 Å². The third-order valence-electron chi connectivity index (χ3n) is 4.05. The first-order valence-corrected chi connectivity index (χ1v) is 8.67. The summed E-state index contributed by atoms with van der Waals surface area (Å²) in [6, 6.07) is 2.28. The summed E-state index contributed by atoms with van der Waals surface area (Å²) in [5, 5.41) is 15.9. The monoisotopic (exact) mass is 323 g/mol. The number of unbranched alkanes of at least 4 members (excludes halogenated alkanes) is 1. The quantitative estimate of drug-likeness (QED) is 0.469. The summed E-state index contributed by atoms with van der Waals surface area (Å²) in [6.45, 7) is 1.89. The van der Waals surface area contributed by atoms with Gasteiger partial charge in [-0.2, -0.15) is 16.9 Å². The van der Waals surface area contributed by atoms with Gasteiger partial charge in [0.2, 0.25) is 5.91 Å². The van der Waals surface area contributed by atoms with Crippen molar-refractivity contribution in [3.8, 4) is 0 Å². The van der Waals surface area contributed by atoms with Crippen LogP contribution in [-0.4, -0.2) is 45.2 Å². The van der Waals surface area contributed by atoms with Crippen molar-refractivity contribution >= 4 is 29.5 Å². The minimum absolute atomic E-state index is 0.000660. The molecule has 0 saturated carbocycles. The molecular formula is C14H21N5O2S. The van der Waals surface area contributed by atoms with Crippen LogP contribution in [0.3, 0.4) is 0 Å². The number of hydrogen-bond donors (Lipinski definition) is 4. The van der Waals surface area contributed by atoms with Crippen molar-refractivity contribution in [2.75, 3.05) is 11.1 Å². The molecule has 3 atom stereocenters. The van der Waals surface area contributed by atoms with Gasteiger partial charge in [0.15, 0.2) is 5.82 Å². The Balaban J connectivity index is 1.34. The molecule has 0 unspecified atom stereocenters. The lowest BCUT2D eigenvalue weighted by Crippen LogP contribution is -2.36. The van der Waals surface area contributed by atoms with E-state index in [9.17, 15) is 9.59 Å². The predicted molar refractivity (Wildman–Crippen MR) is 85.9 cm³/mol. The lowest BCUT2D eigenvalue weighted by Gasteiger charge is -2.16. The second kappa shape index (κ2) is 6.60. The summed E-state index contributed by atoms with van der Waals surface area (Å²) < 4.78 is 0. The highest BCUT2D eigenvalue weighted by atomic mass is 32.2. The minimum atomic E-state index is -0.0472. The highest BCUT2D eigenvalue weighted by Crippen LogP contribution is 2.33. The van der Waals surface area contributed by atoms with Gasteiger partial charge in [0.25, 0.3) is 0 Å². The molecule has 2 aliphatic heterocycles.